The maximum Gasteiger partial charge on any atom is 0.244 e. The van der Waals surface area contributed by atoms with E-state index in [1.54, 1.807) is 0 Å². The lowest BCUT2D eigenvalue weighted by molar-refractivity contribution is 0.0876. The Morgan fingerprint density at radius 1 is 1.32 bits per heavy atom. The number of nitrogens with one attached hydrogen (secondary N) is 1. The predicted octanol–water partition coefficient (Wildman–Crippen LogP) is 1.08. The zero-order valence-corrected chi connectivity index (χ0v) is 11.7. The summed E-state index contributed by atoms with van der Waals surface area (Å²) < 4.78 is 5.71. The largest absolute Gasteiger partial charge is 0.370 e. The van der Waals surface area contributed by atoms with Gasteiger partial charge in [-0.15, -0.1) is 5.10 Å². The third kappa shape index (κ3) is 2.47. The average Bonchev–Trinajstić information content (AvgIpc) is 3.01. The molecule has 0 spiro atoms. The van der Waals surface area contributed by atoms with Crippen LogP contribution < -0.4 is 10.6 Å². The van der Waals surface area contributed by atoms with Crippen LogP contribution in [0.4, 0.5) is 5.95 Å². The zero-order valence-electron chi connectivity index (χ0n) is 11.7. The van der Waals surface area contributed by atoms with Crippen LogP contribution in [0.25, 0.3) is 0 Å². The maximum absolute atomic E-state index is 6.12. The molecule has 6 nitrogen and oxygen atoms in total. The summed E-state index contributed by atoms with van der Waals surface area (Å²) in [6.07, 6.45) is 2.26. The van der Waals surface area contributed by atoms with Gasteiger partial charge < -0.3 is 15.4 Å². The van der Waals surface area contributed by atoms with Crippen molar-refractivity contribution in [1.29, 1.82) is 0 Å². The van der Waals surface area contributed by atoms with E-state index in [1.165, 1.54) is 0 Å². The van der Waals surface area contributed by atoms with Crippen LogP contribution >= 0.6 is 0 Å². The Morgan fingerprint density at radius 2 is 2.16 bits per heavy atom. The smallest absolute Gasteiger partial charge is 0.244 e. The maximum atomic E-state index is 6.12. The van der Waals surface area contributed by atoms with Gasteiger partial charge in [-0.1, -0.05) is 13.8 Å². The second kappa shape index (κ2) is 5.09. The van der Waals surface area contributed by atoms with Crippen LogP contribution in [0.2, 0.25) is 0 Å². The van der Waals surface area contributed by atoms with Crippen molar-refractivity contribution in [2.75, 3.05) is 24.6 Å². The molecule has 1 aromatic rings. The molecule has 0 aromatic carbocycles. The van der Waals surface area contributed by atoms with Crippen LogP contribution in [0.5, 0.6) is 0 Å². The van der Waals surface area contributed by atoms with Gasteiger partial charge in [0.05, 0.1) is 0 Å². The van der Waals surface area contributed by atoms with E-state index in [2.05, 4.69) is 33.9 Å². The van der Waals surface area contributed by atoms with Gasteiger partial charge in [-0.2, -0.15) is 4.98 Å². The number of rotatable bonds is 2. The number of H-pyrrole nitrogens is 1. The highest BCUT2D eigenvalue weighted by molar-refractivity contribution is 5.30. The van der Waals surface area contributed by atoms with Crippen LogP contribution in [-0.2, 0) is 4.74 Å². The van der Waals surface area contributed by atoms with Crippen LogP contribution in [0.15, 0.2) is 0 Å². The Hall–Kier alpha value is -1.14. The molecule has 2 saturated heterocycles. The number of anilines is 1. The Bertz CT molecular complexity index is 434. The zero-order chi connectivity index (χ0) is 13.4. The minimum atomic E-state index is 0.0682. The lowest BCUT2D eigenvalue weighted by Crippen LogP contribution is -2.48. The number of nitrogens with two attached hydrogens (primary N) is 1. The summed E-state index contributed by atoms with van der Waals surface area (Å²) in [5, 5.41) is 7.37. The first-order valence-electron chi connectivity index (χ1n) is 7.19. The second-order valence-electron chi connectivity index (χ2n) is 5.95. The molecule has 2 aliphatic rings. The second-order valence-corrected chi connectivity index (χ2v) is 5.95. The summed E-state index contributed by atoms with van der Waals surface area (Å²) in [4.78, 5) is 6.78. The van der Waals surface area contributed by atoms with Crippen molar-refractivity contribution in [2.24, 2.45) is 17.6 Å². The van der Waals surface area contributed by atoms with E-state index in [0.29, 0.717) is 11.8 Å². The molecule has 3 N–H and O–H groups in total. The van der Waals surface area contributed by atoms with Gasteiger partial charge in [0, 0.05) is 25.7 Å². The number of nitrogens with zero attached hydrogens (tertiary/aromatic N) is 3. The molecule has 0 amide bonds. The summed E-state index contributed by atoms with van der Waals surface area (Å²) >= 11 is 0. The highest BCUT2D eigenvalue weighted by Crippen LogP contribution is 2.32. The molecular formula is C13H23N5O. The Morgan fingerprint density at radius 3 is 2.84 bits per heavy atom. The van der Waals surface area contributed by atoms with Gasteiger partial charge in [-0.3, -0.25) is 5.10 Å². The Balaban J connectivity index is 1.71. The van der Waals surface area contributed by atoms with E-state index in [1.807, 2.05) is 0 Å². The quantitative estimate of drug-likeness (QED) is 0.836. The van der Waals surface area contributed by atoms with Gasteiger partial charge in [-0.25, -0.2) is 0 Å². The highest BCUT2D eigenvalue weighted by Gasteiger charge is 2.30. The van der Waals surface area contributed by atoms with E-state index in [9.17, 15) is 0 Å². The molecule has 0 bridgehead atoms. The molecule has 106 valence electrons. The fourth-order valence-electron chi connectivity index (χ4n) is 2.86. The minimum absolute atomic E-state index is 0.0682. The van der Waals surface area contributed by atoms with Gasteiger partial charge in [0.15, 0.2) is 5.82 Å². The summed E-state index contributed by atoms with van der Waals surface area (Å²) in [6, 6.07) is 0.206. The fraction of sp³-hybridized carbons (Fsp3) is 0.846. The molecule has 0 saturated carbocycles. The normalized spacial score (nSPS) is 35.8. The number of aromatic amines is 1. The van der Waals surface area contributed by atoms with E-state index < -0.39 is 0 Å². The molecule has 3 rings (SSSR count). The van der Waals surface area contributed by atoms with Crippen molar-refractivity contribution in [3.05, 3.63) is 5.82 Å². The van der Waals surface area contributed by atoms with Crippen molar-refractivity contribution in [2.45, 2.75) is 38.8 Å². The highest BCUT2D eigenvalue weighted by atomic mass is 16.5. The predicted molar refractivity (Wildman–Crippen MR) is 72.8 cm³/mol. The first kappa shape index (κ1) is 12.9. The summed E-state index contributed by atoms with van der Waals surface area (Å²) in [6.45, 7) is 7.03. The SMILES string of the molecule is CC1CCN(c2n[nH]c(C3OCCC3C)n2)CC1N. The summed E-state index contributed by atoms with van der Waals surface area (Å²) in [5.74, 6) is 2.70. The molecule has 3 heterocycles. The van der Waals surface area contributed by atoms with Crippen molar-refractivity contribution in [3.63, 3.8) is 0 Å². The third-order valence-electron chi connectivity index (χ3n) is 4.45. The minimum Gasteiger partial charge on any atom is -0.370 e. The van der Waals surface area contributed by atoms with Crippen LogP contribution in [0.3, 0.4) is 0 Å². The lowest BCUT2D eigenvalue weighted by Gasteiger charge is -2.34. The average molecular weight is 265 g/mol. The molecule has 0 aliphatic carbocycles. The number of piperidine rings is 1. The monoisotopic (exact) mass is 265 g/mol. The Kier molecular flexibility index (Phi) is 3.45. The topological polar surface area (TPSA) is 80.1 Å². The van der Waals surface area contributed by atoms with Crippen LogP contribution in [0, 0.1) is 11.8 Å². The standard InChI is InChI=1S/C13H23N5O/c1-8-3-5-18(7-10(8)14)13-15-12(16-17-13)11-9(2)4-6-19-11/h8-11H,3-7,14H2,1-2H3,(H,15,16,17). The third-order valence-corrected chi connectivity index (χ3v) is 4.45. The van der Waals surface area contributed by atoms with Crippen LogP contribution in [0.1, 0.15) is 38.6 Å². The van der Waals surface area contributed by atoms with Crippen molar-refractivity contribution in [3.8, 4) is 0 Å². The Labute approximate surface area is 113 Å². The molecule has 0 radical (unpaired) electrons. The van der Waals surface area contributed by atoms with Gasteiger partial charge in [0.2, 0.25) is 5.95 Å². The molecule has 1 aromatic heterocycles. The van der Waals surface area contributed by atoms with Gasteiger partial charge in [0.25, 0.3) is 0 Å². The first-order chi connectivity index (χ1) is 9.15. The summed E-state index contributed by atoms with van der Waals surface area (Å²) in [5.41, 5.74) is 6.12. The first-order valence-corrected chi connectivity index (χ1v) is 7.19. The molecular weight excluding hydrogens is 242 g/mol. The van der Waals surface area contributed by atoms with E-state index in [-0.39, 0.29) is 12.1 Å². The number of ether oxygens (including phenoxy) is 1. The van der Waals surface area contributed by atoms with Crippen molar-refractivity contribution < 1.29 is 4.74 Å². The van der Waals surface area contributed by atoms with E-state index in [0.717, 1.165) is 44.3 Å². The summed E-state index contributed by atoms with van der Waals surface area (Å²) in [7, 11) is 0. The van der Waals surface area contributed by atoms with Crippen molar-refractivity contribution >= 4 is 5.95 Å². The van der Waals surface area contributed by atoms with Gasteiger partial charge in [0.1, 0.15) is 6.10 Å². The number of hydrogen-bond acceptors (Lipinski definition) is 5. The van der Waals surface area contributed by atoms with Gasteiger partial charge in [-0.05, 0) is 24.7 Å². The molecule has 2 fully saturated rings. The molecule has 4 unspecified atom stereocenters. The molecule has 6 heteroatoms. The van der Waals surface area contributed by atoms with E-state index >= 15 is 0 Å². The number of hydrogen-bond donors (Lipinski definition) is 2. The van der Waals surface area contributed by atoms with Crippen molar-refractivity contribution in [1.82, 2.24) is 15.2 Å². The van der Waals surface area contributed by atoms with E-state index in [4.69, 9.17) is 10.5 Å². The van der Waals surface area contributed by atoms with Crippen LogP contribution in [-0.4, -0.2) is 40.9 Å². The molecule has 19 heavy (non-hydrogen) atoms. The lowest BCUT2D eigenvalue weighted by atomic mass is 9.95. The molecule has 4 atom stereocenters. The molecule has 2 aliphatic heterocycles. The number of aromatic nitrogens is 3. The fourth-order valence-corrected chi connectivity index (χ4v) is 2.86. The van der Waals surface area contributed by atoms with Gasteiger partial charge >= 0.3 is 0 Å².